The lowest BCUT2D eigenvalue weighted by molar-refractivity contribution is -0.135. The maximum absolute atomic E-state index is 12.4. The lowest BCUT2D eigenvalue weighted by atomic mass is 9.92. The van der Waals surface area contributed by atoms with Crippen LogP contribution in [0.4, 0.5) is 11.4 Å². The summed E-state index contributed by atoms with van der Waals surface area (Å²) in [5.41, 5.74) is 2.70. The summed E-state index contributed by atoms with van der Waals surface area (Å²) >= 11 is 0. The molecular weight excluding hydrogens is 342 g/mol. The largest absolute Gasteiger partial charge is 0.377 e. The highest BCUT2D eigenvalue weighted by atomic mass is 16.5. The Morgan fingerprint density at radius 3 is 2.37 bits per heavy atom. The van der Waals surface area contributed by atoms with E-state index in [0.717, 1.165) is 23.4 Å². The molecule has 0 fully saturated rings. The number of nitrogens with zero attached hydrogens (tertiary/aromatic N) is 2. The third kappa shape index (κ3) is 7.99. The predicted octanol–water partition coefficient (Wildman–Crippen LogP) is 3.51. The molecule has 1 N–H and O–H groups in total. The van der Waals surface area contributed by atoms with Gasteiger partial charge in [0.25, 0.3) is 0 Å². The maximum atomic E-state index is 12.4. The number of hydrogen-bond acceptors (Lipinski definition) is 4. The molecule has 0 unspecified atom stereocenters. The zero-order chi connectivity index (χ0) is 20.6. The fourth-order valence-corrected chi connectivity index (χ4v) is 2.90. The fourth-order valence-electron chi connectivity index (χ4n) is 2.90. The van der Waals surface area contributed by atoms with E-state index in [1.165, 1.54) is 7.11 Å². The molecule has 0 aliphatic heterocycles. The van der Waals surface area contributed by atoms with E-state index in [1.807, 2.05) is 64.9 Å². The number of carbonyl (C=O) groups is 2. The van der Waals surface area contributed by atoms with Crippen LogP contribution in [0.5, 0.6) is 0 Å². The highest BCUT2D eigenvalue weighted by Gasteiger charge is 2.18. The van der Waals surface area contributed by atoms with Gasteiger partial charge in [-0.3, -0.25) is 9.59 Å². The summed E-state index contributed by atoms with van der Waals surface area (Å²) in [7, 11) is 5.47. The topological polar surface area (TPSA) is 61.9 Å². The van der Waals surface area contributed by atoms with E-state index in [2.05, 4.69) is 5.32 Å². The molecule has 0 aliphatic carbocycles. The van der Waals surface area contributed by atoms with Crippen molar-refractivity contribution in [1.82, 2.24) is 4.90 Å². The Kier molecular flexibility index (Phi) is 8.76. The van der Waals surface area contributed by atoms with Gasteiger partial charge in [-0.1, -0.05) is 27.7 Å². The molecule has 1 aromatic rings. The highest BCUT2D eigenvalue weighted by Crippen LogP contribution is 2.26. The molecule has 6 heteroatoms. The van der Waals surface area contributed by atoms with Gasteiger partial charge in [0.2, 0.25) is 11.8 Å². The standard InChI is InChI=1S/C21H35N3O3/c1-8-11-24(20(26)15-27-7)14-16-12-17(9-10-18(16)23(5)6)22-19(25)13-21(2,3)4/h9-10,12H,8,11,13-15H2,1-7H3,(H,22,25). The van der Waals surface area contributed by atoms with Crippen molar-refractivity contribution in [3.63, 3.8) is 0 Å². The molecule has 0 atom stereocenters. The van der Waals surface area contributed by atoms with E-state index in [-0.39, 0.29) is 23.8 Å². The van der Waals surface area contributed by atoms with Gasteiger partial charge in [0.15, 0.2) is 0 Å². The molecule has 0 saturated carbocycles. The first-order chi connectivity index (χ1) is 12.6. The van der Waals surface area contributed by atoms with Gasteiger partial charge in [-0.05, 0) is 35.6 Å². The first-order valence-electron chi connectivity index (χ1n) is 9.44. The molecule has 6 nitrogen and oxygen atoms in total. The van der Waals surface area contributed by atoms with Gasteiger partial charge in [0.1, 0.15) is 6.61 Å². The van der Waals surface area contributed by atoms with E-state index >= 15 is 0 Å². The smallest absolute Gasteiger partial charge is 0.248 e. The van der Waals surface area contributed by atoms with Gasteiger partial charge in [-0.2, -0.15) is 0 Å². The quantitative estimate of drug-likeness (QED) is 0.715. The van der Waals surface area contributed by atoms with Crippen molar-refractivity contribution in [2.75, 3.05) is 44.6 Å². The molecule has 2 amide bonds. The highest BCUT2D eigenvalue weighted by molar-refractivity contribution is 5.91. The molecule has 0 bridgehead atoms. The minimum absolute atomic E-state index is 0.00748. The number of nitrogens with one attached hydrogen (secondary N) is 1. The van der Waals surface area contributed by atoms with Gasteiger partial charge in [-0.15, -0.1) is 0 Å². The minimum Gasteiger partial charge on any atom is -0.377 e. The first-order valence-corrected chi connectivity index (χ1v) is 9.44. The van der Waals surface area contributed by atoms with Gasteiger partial charge < -0.3 is 19.9 Å². The molecule has 0 aliphatic rings. The van der Waals surface area contributed by atoms with Gasteiger partial charge in [-0.25, -0.2) is 0 Å². The van der Waals surface area contributed by atoms with E-state index in [1.54, 1.807) is 4.90 Å². The SMILES string of the molecule is CCCN(Cc1cc(NC(=O)CC(C)(C)C)ccc1N(C)C)C(=O)COC. The maximum Gasteiger partial charge on any atom is 0.248 e. The second kappa shape index (κ2) is 10.3. The summed E-state index contributed by atoms with van der Waals surface area (Å²) in [5.74, 6) is -0.0434. The second-order valence-electron chi connectivity index (χ2n) is 8.27. The summed E-state index contributed by atoms with van der Waals surface area (Å²) in [4.78, 5) is 28.4. The average Bonchev–Trinajstić information content (AvgIpc) is 2.52. The number of carbonyl (C=O) groups excluding carboxylic acids is 2. The van der Waals surface area contributed by atoms with Crippen molar-refractivity contribution in [3.8, 4) is 0 Å². The van der Waals surface area contributed by atoms with Crippen molar-refractivity contribution in [3.05, 3.63) is 23.8 Å². The first kappa shape index (κ1) is 23.0. The zero-order valence-electron chi connectivity index (χ0n) is 17.9. The van der Waals surface area contributed by atoms with Gasteiger partial charge in [0.05, 0.1) is 0 Å². The fraction of sp³-hybridized carbons (Fsp3) is 0.619. The monoisotopic (exact) mass is 377 g/mol. The molecule has 152 valence electrons. The van der Waals surface area contributed by atoms with E-state index in [4.69, 9.17) is 4.74 Å². The van der Waals surface area contributed by atoms with Crippen LogP contribution in [0.3, 0.4) is 0 Å². The van der Waals surface area contributed by atoms with Crippen LogP contribution in [-0.4, -0.2) is 51.1 Å². The minimum atomic E-state index is -0.0685. The van der Waals surface area contributed by atoms with Gasteiger partial charge in [0, 0.05) is 52.1 Å². The molecule has 1 rings (SSSR count). The number of methoxy groups -OCH3 is 1. The summed E-state index contributed by atoms with van der Waals surface area (Å²) in [6.45, 7) is 9.37. The molecule has 0 saturated heterocycles. The second-order valence-corrected chi connectivity index (χ2v) is 8.27. The Morgan fingerprint density at radius 1 is 1.19 bits per heavy atom. The Labute approximate surface area is 163 Å². The van der Waals surface area contributed by atoms with Crippen LogP contribution in [-0.2, 0) is 20.9 Å². The number of ether oxygens (including phenoxy) is 1. The van der Waals surface area contributed by atoms with Crippen LogP contribution in [0.1, 0.15) is 46.1 Å². The zero-order valence-corrected chi connectivity index (χ0v) is 17.9. The summed E-state index contributed by atoms with van der Waals surface area (Å²) in [6, 6.07) is 5.84. The molecule has 27 heavy (non-hydrogen) atoms. The predicted molar refractivity (Wildman–Crippen MR) is 111 cm³/mol. The lowest BCUT2D eigenvalue weighted by Crippen LogP contribution is -2.34. The van der Waals surface area contributed by atoms with Crippen LogP contribution >= 0.6 is 0 Å². The van der Waals surface area contributed by atoms with Crippen molar-refractivity contribution in [2.45, 2.75) is 47.1 Å². The van der Waals surface area contributed by atoms with Crippen LogP contribution in [0, 0.1) is 5.41 Å². The van der Waals surface area contributed by atoms with Gasteiger partial charge >= 0.3 is 0 Å². The van der Waals surface area contributed by atoms with Crippen LogP contribution in [0.25, 0.3) is 0 Å². The Morgan fingerprint density at radius 2 is 1.85 bits per heavy atom. The number of amides is 2. The normalized spacial score (nSPS) is 11.2. The van der Waals surface area contributed by atoms with E-state index in [9.17, 15) is 9.59 Å². The van der Waals surface area contributed by atoms with E-state index in [0.29, 0.717) is 19.5 Å². The van der Waals surface area contributed by atoms with Crippen LogP contribution in [0.2, 0.25) is 0 Å². The molecular formula is C21H35N3O3. The van der Waals surface area contributed by atoms with Crippen molar-refractivity contribution >= 4 is 23.2 Å². The van der Waals surface area contributed by atoms with E-state index < -0.39 is 0 Å². The Bertz CT molecular complexity index is 636. The van der Waals surface area contributed by atoms with Crippen molar-refractivity contribution < 1.29 is 14.3 Å². The number of anilines is 2. The molecule has 0 aromatic heterocycles. The van der Waals surface area contributed by atoms with Crippen molar-refractivity contribution in [1.29, 1.82) is 0 Å². The number of hydrogen-bond donors (Lipinski definition) is 1. The number of benzene rings is 1. The summed E-state index contributed by atoms with van der Waals surface area (Å²) < 4.78 is 5.01. The third-order valence-corrected chi connectivity index (χ3v) is 4.01. The third-order valence-electron chi connectivity index (χ3n) is 4.01. The Balaban J connectivity index is 3.07. The molecule has 0 spiro atoms. The number of rotatable bonds is 9. The average molecular weight is 378 g/mol. The molecule has 0 heterocycles. The summed E-state index contributed by atoms with van der Waals surface area (Å²) in [6.07, 6.45) is 1.32. The lowest BCUT2D eigenvalue weighted by Gasteiger charge is -2.26. The van der Waals surface area contributed by atoms with Crippen molar-refractivity contribution in [2.24, 2.45) is 5.41 Å². The molecule has 1 aromatic carbocycles. The van der Waals surface area contributed by atoms with Crippen LogP contribution < -0.4 is 10.2 Å². The molecule has 0 radical (unpaired) electrons. The summed E-state index contributed by atoms with van der Waals surface area (Å²) in [5, 5.41) is 2.98. The van der Waals surface area contributed by atoms with Crippen LogP contribution in [0.15, 0.2) is 18.2 Å². The Hall–Kier alpha value is -2.08.